The van der Waals surface area contributed by atoms with Crippen molar-refractivity contribution in [2.24, 2.45) is 11.8 Å². The number of carbonyl (C=O) groups is 3. The molecule has 0 rings (SSSR count). The van der Waals surface area contributed by atoms with Crippen LogP contribution in [0.5, 0.6) is 0 Å². The molecular weight excluding hydrogens is 817 g/mol. The number of hydrogen-bond acceptors (Lipinski definition) is 6. The van der Waals surface area contributed by atoms with Crippen molar-refractivity contribution in [3.63, 3.8) is 0 Å². The van der Waals surface area contributed by atoms with Crippen LogP contribution in [0.3, 0.4) is 0 Å². The van der Waals surface area contributed by atoms with Crippen molar-refractivity contribution in [3.05, 3.63) is 0 Å². The highest BCUT2D eigenvalue weighted by Gasteiger charge is 2.19. The van der Waals surface area contributed by atoms with Crippen molar-refractivity contribution in [2.75, 3.05) is 13.2 Å². The minimum Gasteiger partial charge on any atom is -0.462 e. The summed E-state index contributed by atoms with van der Waals surface area (Å²) in [6.45, 7) is 11.4. The Morgan fingerprint density at radius 3 is 0.864 bits per heavy atom. The Morgan fingerprint density at radius 1 is 0.318 bits per heavy atom. The summed E-state index contributed by atoms with van der Waals surface area (Å²) in [4.78, 5) is 38.2. The average Bonchev–Trinajstić information content (AvgIpc) is 3.30. The van der Waals surface area contributed by atoms with Gasteiger partial charge in [-0.1, -0.05) is 298 Å². The van der Waals surface area contributed by atoms with Crippen molar-refractivity contribution < 1.29 is 28.6 Å². The molecule has 1 unspecified atom stereocenters. The highest BCUT2D eigenvalue weighted by molar-refractivity contribution is 5.71. The smallest absolute Gasteiger partial charge is 0.306 e. The minimum absolute atomic E-state index is 0.0627. The molecule has 0 aromatic carbocycles. The molecular formula is C60H116O6. The summed E-state index contributed by atoms with van der Waals surface area (Å²) in [5, 5.41) is 0. The molecule has 0 aromatic heterocycles. The van der Waals surface area contributed by atoms with Crippen LogP contribution in [0.4, 0.5) is 0 Å². The van der Waals surface area contributed by atoms with Crippen LogP contribution in [0, 0.1) is 11.8 Å². The third-order valence-electron chi connectivity index (χ3n) is 14.1. The van der Waals surface area contributed by atoms with E-state index < -0.39 is 6.10 Å². The molecule has 0 saturated heterocycles. The first kappa shape index (κ1) is 64.4. The molecule has 0 N–H and O–H groups in total. The van der Waals surface area contributed by atoms with Gasteiger partial charge in [-0.2, -0.15) is 0 Å². The first-order valence-electron chi connectivity index (χ1n) is 29.8. The van der Waals surface area contributed by atoms with E-state index in [4.69, 9.17) is 14.2 Å². The molecule has 0 spiro atoms. The fraction of sp³-hybridized carbons (Fsp3) is 0.950. The lowest BCUT2D eigenvalue weighted by molar-refractivity contribution is -0.167. The van der Waals surface area contributed by atoms with Crippen LogP contribution in [0.25, 0.3) is 0 Å². The van der Waals surface area contributed by atoms with E-state index in [1.165, 1.54) is 225 Å². The number of hydrogen-bond donors (Lipinski definition) is 0. The Bertz CT molecular complexity index is 1010. The second kappa shape index (κ2) is 52.8. The maximum absolute atomic E-state index is 12.8. The lowest BCUT2D eigenvalue weighted by Crippen LogP contribution is -2.30. The highest BCUT2D eigenvalue weighted by atomic mass is 16.6. The zero-order chi connectivity index (χ0) is 48.2. The summed E-state index contributed by atoms with van der Waals surface area (Å²) in [5.74, 6) is 0.874. The summed E-state index contributed by atoms with van der Waals surface area (Å²) in [6, 6.07) is 0. The monoisotopic (exact) mass is 933 g/mol. The number of unbranched alkanes of at least 4 members (excludes halogenated alkanes) is 38. The lowest BCUT2D eigenvalue weighted by Gasteiger charge is -2.18. The van der Waals surface area contributed by atoms with Gasteiger partial charge in [0, 0.05) is 19.3 Å². The Hall–Kier alpha value is -1.59. The molecule has 0 aliphatic carbocycles. The minimum atomic E-state index is -0.763. The molecule has 6 heteroatoms. The largest absolute Gasteiger partial charge is 0.462 e. The number of carbonyl (C=O) groups excluding carboxylic acids is 3. The van der Waals surface area contributed by atoms with Crippen LogP contribution in [-0.4, -0.2) is 37.2 Å². The zero-order valence-electron chi connectivity index (χ0n) is 45.3. The summed E-state index contributed by atoms with van der Waals surface area (Å²) in [7, 11) is 0. The van der Waals surface area contributed by atoms with Crippen LogP contribution in [0.1, 0.15) is 336 Å². The second-order valence-electron chi connectivity index (χ2n) is 21.4. The van der Waals surface area contributed by atoms with E-state index in [0.717, 1.165) is 69.6 Å². The van der Waals surface area contributed by atoms with E-state index in [-0.39, 0.29) is 31.1 Å². The van der Waals surface area contributed by atoms with Gasteiger partial charge in [0.1, 0.15) is 13.2 Å². The first-order valence-corrected chi connectivity index (χ1v) is 29.8. The molecule has 6 nitrogen and oxygen atoms in total. The Labute approximate surface area is 412 Å². The number of rotatable bonds is 54. The van der Waals surface area contributed by atoms with Crippen molar-refractivity contribution in [1.82, 2.24) is 0 Å². The molecule has 2 atom stereocenters. The van der Waals surface area contributed by atoms with Gasteiger partial charge in [0.25, 0.3) is 0 Å². The zero-order valence-corrected chi connectivity index (χ0v) is 45.3. The maximum atomic E-state index is 12.8. The third-order valence-corrected chi connectivity index (χ3v) is 14.1. The van der Waals surface area contributed by atoms with Gasteiger partial charge in [-0.15, -0.1) is 0 Å². The molecule has 0 amide bonds. The molecule has 0 bridgehead atoms. The third kappa shape index (κ3) is 51.8. The Balaban J connectivity index is 4.28. The van der Waals surface area contributed by atoms with Gasteiger partial charge in [-0.25, -0.2) is 0 Å². The molecule has 0 heterocycles. The lowest BCUT2D eigenvalue weighted by atomic mass is 9.99. The SMILES string of the molecule is CCCCCCCCCCCCCCCCCCCC(=O)OC[C@@H](COC(=O)CCCCCCCCCCCCCCCCC(C)CC)OC(=O)CCCCCCCCCCCCC(C)C. The molecule has 0 saturated carbocycles. The molecule has 0 fully saturated rings. The molecule has 0 radical (unpaired) electrons. The van der Waals surface area contributed by atoms with Gasteiger partial charge in [0.2, 0.25) is 0 Å². The van der Waals surface area contributed by atoms with E-state index in [0.29, 0.717) is 19.3 Å². The molecule has 0 aromatic rings. The van der Waals surface area contributed by atoms with Crippen molar-refractivity contribution in [1.29, 1.82) is 0 Å². The van der Waals surface area contributed by atoms with Crippen molar-refractivity contribution in [2.45, 2.75) is 343 Å². The highest BCUT2D eigenvalue weighted by Crippen LogP contribution is 2.19. The van der Waals surface area contributed by atoms with Gasteiger partial charge in [0.05, 0.1) is 0 Å². The van der Waals surface area contributed by atoms with Crippen LogP contribution in [0.2, 0.25) is 0 Å². The van der Waals surface area contributed by atoms with Gasteiger partial charge in [0.15, 0.2) is 6.10 Å². The Kier molecular flexibility index (Phi) is 51.5. The summed E-state index contributed by atoms with van der Waals surface area (Å²) in [5.41, 5.74) is 0. The summed E-state index contributed by atoms with van der Waals surface area (Å²) < 4.78 is 16.9. The molecule has 0 aliphatic rings. The van der Waals surface area contributed by atoms with Crippen LogP contribution >= 0.6 is 0 Å². The van der Waals surface area contributed by atoms with E-state index in [2.05, 4.69) is 34.6 Å². The van der Waals surface area contributed by atoms with Crippen LogP contribution in [-0.2, 0) is 28.6 Å². The molecule has 392 valence electrons. The van der Waals surface area contributed by atoms with Gasteiger partial charge in [-0.3, -0.25) is 14.4 Å². The normalized spacial score (nSPS) is 12.5. The van der Waals surface area contributed by atoms with Gasteiger partial charge >= 0.3 is 17.9 Å². The average molecular weight is 934 g/mol. The standard InChI is InChI=1S/C60H116O6/c1-6-8-9-10-11-12-13-14-15-16-17-21-24-30-35-40-45-50-58(61)64-53-57(66-60(63)52-47-42-37-32-27-26-28-33-38-43-48-55(3)4)54-65-59(62)51-46-41-36-31-25-22-19-18-20-23-29-34-39-44-49-56(5)7-2/h55-57H,6-54H2,1-5H3/t56?,57-/m0/s1. The maximum Gasteiger partial charge on any atom is 0.306 e. The molecule has 66 heavy (non-hydrogen) atoms. The number of ether oxygens (including phenoxy) is 3. The van der Waals surface area contributed by atoms with E-state index >= 15 is 0 Å². The summed E-state index contributed by atoms with van der Waals surface area (Å²) in [6.07, 6.45) is 56.6. The summed E-state index contributed by atoms with van der Waals surface area (Å²) >= 11 is 0. The second-order valence-corrected chi connectivity index (χ2v) is 21.4. The van der Waals surface area contributed by atoms with Gasteiger partial charge < -0.3 is 14.2 Å². The van der Waals surface area contributed by atoms with Gasteiger partial charge in [-0.05, 0) is 31.1 Å². The van der Waals surface area contributed by atoms with Crippen LogP contribution < -0.4 is 0 Å². The van der Waals surface area contributed by atoms with Crippen molar-refractivity contribution >= 4 is 17.9 Å². The van der Waals surface area contributed by atoms with E-state index in [1.807, 2.05) is 0 Å². The van der Waals surface area contributed by atoms with E-state index in [1.54, 1.807) is 0 Å². The fourth-order valence-electron chi connectivity index (χ4n) is 9.20. The van der Waals surface area contributed by atoms with Crippen LogP contribution in [0.15, 0.2) is 0 Å². The molecule has 0 aliphatic heterocycles. The van der Waals surface area contributed by atoms with E-state index in [9.17, 15) is 14.4 Å². The Morgan fingerprint density at radius 2 is 0.576 bits per heavy atom. The predicted molar refractivity (Wildman–Crippen MR) is 284 cm³/mol. The fourth-order valence-corrected chi connectivity index (χ4v) is 9.20. The van der Waals surface area contributed by atoms with Crippen molar-refractivity contribution in [3.8, 4) is 0 Å². The first-order chi connectivity index (χ1) is 32.3. The topological polar surface area (TPSA) is 78.9 Å². The predicted octanol–water partition coefficient (Wildman–Crippen LogP) is 19.7. The number of esters is 3. The quantitative estimate of drug-likeness (QED) is 0.0343.